The molecule has 0 amide bonds. The number of aromatic nitrogens is 2. The molecular weight excluding hydrogens is 217 g/mol. The molecule has 1 aromatic rings. The van der Waals surface area contributed by atoms with Gasteiger partial charge in [-0.1, -0.05) is 0 Å². The smallest absolute Gasteiger partial charge is 0.293 e. The molecule has 3 N–H and O–H groups in total. The third-order valence-electron chi connectivity index (χ3n) is 1.23. The molecule has 0 atom stereocenters. The molecule has 1 aromatic heterocycles. The first kappa shape index (κ1) is 14.7. The minimum absolute atomic E-state index is 0. The molecule has 0 aliphatic carbocycles. The third-order valence-corrected chi connectivity index (χ3v) is 1.23. The van der Waals surface area contributed by atoms with Crippen molar-refractivity contribution in [3.8, 4) is 5.75 Å². The molecular formula is C6H11Cl2N3O2. The molecule has 7 heteroatoms. The summed E-state index contributed by atoms with van der Waals surface area (Å²) in [5, 5.41) is 0. The van der Waals surface area contributed by atoms with Crippen LogP contribution >= 0.6 is 24.8 Å². The molecule has 1 heterocycles. The number of nitrogens with zero attached hydrogens (tertiary/aromatic N) is 1. The topological polar surface area (TPSA) is 81.0 Å². The monoisotopic (exact) mass is 227 g/mol. The van der Waals surface area contributed by atoms with Gasteiger partial charge in [0, 0.05) is 0 Å². The second-order valence-corrected chi connectivity index (χ2v) is 1.93. The molecule has 0 saturated carbocycles. The van der Waals surface area contributed by atoms with E-state index in [1.807, 2.05) is 0 Å². The van der Waals surface area contributed by atoms with Gasteiger partial charge in [0.15, 0.2) is 0 Å². The second kappa shape index (κ2) is 6.71. The average molecular weight is 228 g/mol. The van der Waals surface area contributed by atoms with Crippen LogP contribution in [-0.2, 0) is 6.54 Å². The first-order valence-corrected chi connectivity index (χ1v) is 3.10. The van der Waals surface area contributed by atoms with Crippen LogP contribution in [0.4, 0.5) is 0 Å². The summed E-state index contributed by atoms with van der Waals surface area (Å²) in [6, 6.07) is 0. The average Bonchev–Trinajstić information content (AvgIpc) is 2.04. The maximum atomic E-state index is 11.0. The molecule has 0 aliphatic rings. The predicted molar refractivity (Wildman–Crippen MR) is 53.8 cm³/mol. The summed E-state index contributed by atoms with van der Waals surface area (Å²) >= 11 is 0. The lowest BCUT2D eigenvalue weighted by molar-refractivity contribution is 0.405. The Labute approximate surface area is 87.5 Å². The van der Waals surface area contributed by atoms with Crippen LogP contribution < -0.4 is 16.0 Å². The fourth-order valence-electron chi connectivity index (χ4n) is 0.669. The van der Waals surface area contributed by atoms with Crippen molar-refractivity contribution in [2.45, 2.75) is 6.54 Å². The van der Waals surface area contributed by atoms with Crippen molar-refractivity contribution in [1.29, 1.82) is 0 Å². The molecule has 0 bridgehead atoms. The largest absolute Gasteiger partial charge is 0.490 e. The standard InChI is InChI=1S/C6H9N3O2.2ClH/c1-11-4-3-8-5(2-7)9-6(4)10;;/h3H,2,7H2,1H3,(H,8,9,10);2*1H. The van der Waals surface area contributed by atoms with Gasteiger partial charge < -0.3 is 15.5 Å². The van der Waals surface area contributed by atoms with Crippen LogP contribution in [0.1, 0.15) is 5.82 Å². The van der Waals surface area contributed by atoms with E-state index in [-0.39, 0.29) is 42.7 Å². The first-order chi connectivity index (χ1) is 5.27. The van der Waals surface area contributed by atoms with Gasteiger partial charge in [0.05, 0.1) is 19.9 Å². The highest BCUT2D eigenvalue weighted by atomic mass is 35.5. The predicted octanol–water partition coefficient (Wildman–Crippen LogP) is 0.0808. The van der Waals surface area contributed by atoms with E-state index in [0.29, 0.717) is 5.82 Å². The van der Waals surface area contributed by atoms with E-state index in [0.717, 1.165) is 0 Å². The van der Waals surface area contributed by atoms with Gasteiger partial charge in [-0.3, -0.25) is 4.79 Å². The van der Waals surface area contributed by atoms with Gasteiger partial charge >= 0.3 is 0 Å². The Kier molecular flexibility index (Phi) is 7.60. The maximum absolute atomic E-state index is 11.0. The Bertz CT molecular complexity index is 302. The highest BCUT2D eigenvalue weighted by Gasteiger charge is 1.98. The van der Waals surface area contributed by atoms with Gasteiger partial charge in [-0.05, 0) is 0 Å². The first-order valence-electron chi connectivity index (χ1n) is 3.10. The van der Waals surface area contributed by atoms with Crippen LogP contribution in [0.3, 0.4) is 0 Å². The molecule has 0 unspecified atom stereocenters. The van der Waals surface area contributed by atoms with Crippen LogP contribution in [0, 0.1) is 0 Å². The molecule has 0 aromatic carbocycles. The number of nitrogens with one attached hydrogen (secondary N) is 1. The zero-order valence-corrected chi connectivity index (χ0v) is 8.58. The fourth-order valence-corrected chi connectivity index (χ4v) is 0.669. The summed E-state index contributed by atoms with van der Waals surface area (Å²) in [4.78, 5) is 17.2. The number of hydrogen-bond donors (Lipinski definition) is 2. The SMILES string of the molecule is COc1cnc(CN)[nH]c1=O.Cl.Cl. The molecule has 0 fully saturated rings. The van der Waals surface area contributed by atoms with Crippen LogP contribution in [0.2, 0.25) is 0 Å². The number of hydrogen-bond acceptors (Lipinski definition) is 4. The van der Waals surface area contributed by atoms with Crippen LogP contribution in [0.25, 0.3) is 0 Å². The summed E-state index contributed by atoms with van der Waals surface area (Å²) in [5.74, 6) is 0.651. The number of ether oxygens (including phenoxy) is 1. The molecule has 0 radical (unpaired) electrons. The summed E-state index contributed by atoms with van der Waals surface area (Å²) in [6.07, 6.45) is 1.35. The van der Waals surface area contributed by atoms with Crippen molar-refractivity contribution < 1.29 is 4.74 Å². The Morgan fingerprint density at radius 3 is 2.62 bits per heavy atom. The van der Waals surface area contributed by atoms with Crippen LogP contribution in [0.15, 0.2) is 11.0 Å². The summed E-state index contributed by atoms with van der Waals surface area (Å²) in [7, 11) is 1.41. The molecule has 1 rings (SSSR count). The maximum Gasteiger partial charge on any atom is 0.293 e. The Balaban J connectivity index is 0. The number of rotatable bonds is 2. The molecule has 0 saturated heterocycles. The Hall–Kier alpha value is -0.780. The molecule has 0 spiro atoms. The van der Waals surface area contributed by atoms with Gasteiger partial charge in [0.1, 0.15) is 5.82 Å². The minimum Gasteiger partial charge on any atom is -0.490 e. The van der Waals surface area contributed by atoms with Crippen molar-refractivity contribution in [2.24, 2.45) is 5.73 Å². The van der Waals surface area contributed by atoms with E-state index in [1.54, 1.807) is 0 Å². The van der Waals surface area contributed by atoms with E-state index in [4.69, 9.17) is 10.5 Å². The van der Waals surface area contributed by atoms with Gasteiger partial charge in [0.2, 0.25) is 5.75 Å². The molecule has 0 aliphatic heterocycles. The third kappa shape index (κ3) is 3.63. The van der Waals surface area contributed by atoms with Gasteiger partial charge in [-0.15, -0.1) is 24.8 Å². The Morgan fingerprint density at radius 1 is 1.62 bits per heavy atom. The van der Waals surface area contributed by atoms with Crippen molar-refractivity contribution in [2.75, 3.05) is 7.11 Å². The lowest BCUT2D eigenvalue weighted by atomic mass is 10.5. The van der Waals surface area contributed by atoms with Crippen LogP contribution in [-0.4, -0.2) is 17.1 Å². The van der Waals surface area contributed by atoms with Gasteiger partial charge in [-0.2, -0.15) is 0 Å². The van der Waals surface area contributed by atoms with Gasteiger partial charge in [-0.25, -0.2) is 4.98 Å². The van der Waals surface area contributed by atoms with E-state index in [9.17, 15) is 4.79 Å². The molecule has 13 heavy (non-hydrogen) atoms. The summed E-state index contributed by atoms with van der Waals surface area (Å²) in [5.41, 5.74) is 4.93. The van der Waals surface area contributed by atoms with Crippen molar-refractivity contribution in [3.63, 3.8) is 0 Å². The number of halogens is 2. The Morgan fingerprint density at radius 2 is 2.23 bits per heavy atom. The molecule has 5 nitrogen and oxygen atoms in total. The van der Waals surface area contributed by atoms with E-state index in [1.165, 1.54) is 13.3 Å². The highest BCUT2D eigenvalue weighted by Crippen LogP contribution is 1.96. The zero-order chi connectivity index (χ0) is 8.27. The molecule has 76 valence electrons. The van der Waals surface area contributed by atoms with E-state index >= 15 is 0 Å². The van der Waals surface area contributed by atoms with E-state index < -0.39 is 0 Å². The quantitative estimate of drug-likeness (QED) is 0.751. The number of methoxy groups -OCH3 is 1. The number of aromatic amines is 1. The van der Waals surface area contributed by atoms with Crippen molar-refractivity contribution in [3.05, 3.63) is 22.4 Å². The number of nitrogens with two attached hydrogens (primary N) is 1. The zero-order valence-electron chi connectivity index (χ0n) is 6.94. The summed E-state index contributed by atoms with van der Waals surface area (Å²) in [6.45, 7) is 0.221. The van der Waals surface area contributed by atoms with Crippen molar-refractivity contribution in [1.82, 2.24) is 9.97 Å². The fraction of sp³-hybridized carbons (Fsp3) is 0.333. The highest BCUT2D eigenvalue weighted by molar-refractivity contribution is 5.85. The van der Waals surface area contributed by atoms with Crippen molar-refractivity contribution >= 4 is 24.8 Å². The van der Waals surface area contributed by atoms with E-state index in [2.05, 4.69) is 9.97 Å². The second-order valence-electron chi connectivity index (χ2n) is 1.93. The minimum atomic E-state index is -0.303. The lowest BCUT2D eigenvalue weighted by Gasteiger charge is -1.98. The lowest BCUT2D eigenvalue weighted by Crippen LogP contribution is -2.15. The van der Waals surface area contributed by atoms with Gasteiger partial charge in [0.25, 0.3) is 5.56 Å². The summed E-state index contributed by atoms with van der Waals surface area (Å²) < 4.78 is 4.70. The number of H-pyrrole nitrogens is 1. The van der Waals surface area contributed by atoms with Crippen LogP contribution in [0.5, 0.6) is 5.75 Å². The normalized spacial score (nSPS) is 8.15.